The lowest BCUT2D eigenvalue weighted by Crippen LogP contribution is -2.29. The van der Waals surface area contributed by atoms with Crippen LogP contribution in [0, 0.1) is 0 Å². The topological polar surface area (TPSA) is 55.1 Å². The molecule has 0 bridgehead atoms. The van der Waals surface area contributed by atoms with E-state index in [2.05, 4.69) is 11.9 Å². The van der Waals surface area contributed by atoms with Crippen molar-refractivity contribution in [1.29, 1.82) is 0 Å². The van der Waals surface area contributed by atoms with Gasteiger partial charge in [0.2, 0.25) is 5.91 Å². The van der Waals surface area contributed by atoms with Gasteiger partial charge in [0.15, 0.2) is 0 Å². The number of hydrogen-bond donors (Lipinski definition) is 2. The minimum absolute atomic E-state index is 0. The lowest BCUT2D eigenvalue weighted by molar-refractivity contribution is -0.117. The first-order valence-corrected chi connectivity index (χ1v) is 2.82. The first-order chi connectivity index (χ1) is 4.18. The Morgan fingerprint density at radius 3 is 2.50 bits per heavy atom. The Hall–Kier alpha value is -0.540. The highest BCUT2D eigenvalue weighted by atomic mass is 35.5. The molecule has 0 saturated heterocycles. The van der Waals surface area contributed by atoms with Crippen LogP contribution in [0.25, 0.3) is 0 Å². The first kappa shape index (κ1) is 12.2. The van der Waals surface area contributed by atoms with Gasteiger partial charge in [-0.1, -0.05) is 6.58 Å². The molecule has 0 aromatic carbocycles. The van der Waals surface area contributed by atoms with Crippen molar-refractivity contribution in [3.05, 3.63) is 12.2 Å². The third-order valence-electron chi connectivity index (χ3n) is 0.818. The molecule has 0 atom stereocenters. The maximum atomic E-state index is 10.6. The first-order valence-electron chi connectivity index (χ1n) is 2.82. The maximum absolute atomic E-state index is 10.6. The third kappa shape index (κ3) is 5.59. The monoisotopic (exact) mass is 164 g/mol. The molecule has 0 aliphatic heterocycles. The zero-order chi connectivity index (χ0) is 7.28. The third-order valence-corrected chi connectivity index (χ3v) is 0.818. The second-order valence-corrected chi connectivity index (χ2v) is 1.82. The Morgan fingerprint density at radius 2 is 2.20 bits per heavy atom. The summed E-state index contributed by atoms with van der Waals surface area (Å²) in [7, 11) is 0. The second-order valence-electron chi connectivity index (χ2n) is 1.82. The highest BCUT2D eigenvalue weighted by Gasteiger charge is 1.96. The van der Waals surface area contributed by atoms with E-state index in [9.17, 15) is 4.79 Å². The number of rotatable bonds is 3. The molecule has 4 heteroatoms. The van der Waals surface area contributed by atoms with Gasteiger partial charge in [0.05, 0.1) is 0 Å². The van der Waals surface area contributed by atoms with Crippen molar-refractivity contribution < 1.29 is 4.79 Å². The van der Waals surface area contributed by atoms with Gasteiger partial charge < -0.3 is 11.1 Å². The molecule has 0 radical (unpaired) electrons. The average Bonchev–Trinajstić information content (AvgIpc) is 1.82. The summed E-state index contributed by atoms with van der Waals surface area (Å²) >= 11 is 0. The number of nitrogens with one attached hydrogen (secondary N) is 1. The van der Waals surface area contributed by atoms with Crippen LogP contribution in [-0.4, -0.2) is 19.0 Å². The van der Waals surface area contributed by atoms with E-state index >= 15 is 0 Å². The van der Waals surface area contributed by atoms with Crippen LogP contribution in [-0.2, 0) is 4.79 Å². The Labute approximate surface area is 67.1 Å². The molecule has 3 N–H and O–H groups in total. The van der Waals surface area contributed by atoms with Crippen molar-refractivity contribution in [3.63, 3.8) is 0 Å². The Kier molecular flexibility index (Phi) is 8.00. The SMILES string of the molecule is C=C(C)C(=O)NCCN.Cl. The Bertz CT molecular complexity index is 125. The van der Waals surface area contributed by atoms with Crippen LogP contribution >= 0.6 is 12.4 Å². The quantitative estimate of drug-likeness (QED) is 0.580. The van der Waals surface area contributed by atoms with Crippen LogP contribution in [0.2, 0.25) is 0 Å². The molecule has 60 valence electrons. The van der Waals surface area contributed by atoms with E-state index in [0.29, 0.717) is 18.7 Å². The molecule has 0 saturated carbocycles. The van der Waals surface area contributed by atoms with Crippen LogP contribution in [0.3, 0.4) is 0 Å². The summed E-state index contributed by atoms with van der Waals surface area (Å²) in [5.41, 5.74) is 5.65. The van der Waals surface area contributed by atoms with E-state index in [0.717, 1.165) is 0 Å². The zero-order valence-corrected chi connectivity index (χ0v) is 6.83. The number of halogens is 1. The summed E-state index contributed by atoms with van der Waals surface area (Å²) in [4.78, 5) is 10.6. The maximum Gasteiger partial charge on any atom is 0.246 e. The summed E-state index contributed by atoms with van der Waals surface area (Å²) in [5, 5.41) is 2.57. The predicted octanol–water partition coefficient (Wildman–Crippen LogP) is 0.0592. The van der Waals surface area contributed by atoms with E-state index in [1.165, 1.54) is 0 Å². The molecule has 10 heavy (non-hydrogen) atoms. The lowest BCUT2D eigenvalue weighted by Gasteiger charge is -1.99. The van der Waals surface area contributed by atoms with Gasteiger partial charge >= 0.3 is 0 Å². The van der Waals surface area contributed by atoms with Crippen molar-refractivity contribution in [3.8, 4) is 0 Å². The molecular weight excluding hydrogens is 152 g/mol. The van der Waals surface area contributed by atoms with Crippen molar-refractivity contribution in [2.24, 2.45) is 5.73 Å². The number of amides is 1. The van der Waals surface area contributed by atoms with Crippen LogP contribution in [0.5, 0.6) is 0 Å². The van der Waals surface area contributed by atoms with Gasteiger partial charge in [-0.05, 0) is 6.92 Å². The fourth-order valence-corrected chi connectivity index (χ4v) is 0.337. The number of carbonyl (C=O) groups excluding carboxylic acids is 1. The summed E-state index contributed by atoms with van der Waals surface area (Å²) in [6.07, 6.45) is 0. The van der Waals surface area contributed by atoms with Crippen LogP contribution in [0.1, 0.15) is 6.92 Å². The van der Waals surface area contributed by atoms with E-state index in [1.54, 1.807) is 6.92 Å². The van der Waals surface area contributed by atoms with Gasteiger partial charge in [0.25, 0.3) is 0 Å². The molecule has 1 amide bonds. The standard InChI is InChI=1S/C6H12N2O.ClH/c1-5(2)6(9)8-4-3-7;/h1,3-4,7H2,2H3,(H,8,9);1H. The fourth-order valence-electron chi connectivity index (χ4n) is 0.337. The molecule has 0 aromatic rings. The molecule has 0 aliphatic carbocycles. The predicted molar refractivity (Wildman–Crippen MR) is 44.1 cm³/mol. The number of hydrogen-bond acceptors (Lipinski definition) is 2. The largest absolute Gasteiger partial charge is 0.351 e. The number of nitrogens with two attached hydrogens (primary N) is 1. The van der Waals surface area contributed by atoms with E-state index < -0.39 is 0 Å². The van der Waals surface area contributed by atoms with Gasteiger partial charge in [0, 0.05) is 18.7 Å². The van der Waals surface area contributed by atoms with Gasteiger partial charge in [-0.15, -0.1) is 12.4 Å². The summed E-state index contributed by atoms with van der Waals surface area (Å²) in [6, 6.07) is 0. The Balaban J connectivity index is 0. The summed E-state index contributed by atoms with van der Waals surface area (Å²) in [5.74, 6) is -0.125. The van der Waals surface area contributed by atoms with Gasteiger partial charge in [-0.2, -0.15) is 0 Å². The van der Waals surface area contributed by atoms with Gasteiger partial charge in [0.1, 0.15) is 0 Å². The highest BCUT2D eigenvalue weighted by Crippen LogP contribution is 1.82. The second kappa shape index (κ2) is 6.58. The van der Waals surface area contributed by atoms with Crippen LogP contribution < -0.4 is 11.1 Å². The zero-order valence-electron chi connectivity index (χ0n) is 6.02. The van der Waals surface area contributed by atoms with Crippen molar-refractivity contribution in [1.82, 2.24) is 5.32 Å². The van der Waals surface area contributed by atoms with Crippen molar-refractivity contribution >= 4 is 18.3 Å². The van der Waals surface area contributed by atoms with Crippen LogP contribution in [0.15, 0.2) is 12.2 Å². The van der Waals surface area contributed by atoms with Crippen LogP contribution in [0.4, 0.5) is 0 Å². The molecule has 3 nitrogen and oxygen atoms in total. The smallest absolute Gasteiger partial charge is 0.246 e. The summed E-state index contributed by atoms with van der Waals surface area (Å²) in [6.45, 7) is 6.10. The molecule has 0 aromatic heterocycles. The normalized spacial score (nSPS) is 7.80. The molecule has 0 aliphatic rings. The summed E-state index contributed by atoms with van der Waals surface area (Å²) < 4.78 is 0. The van der Waals surface area contributed by atoms with E-state index in [4.69, 9.17) is 5.73 Å². The van der Waals surface area contributed by atoms with E-state index in [-0.39, 0.29) is 18.3 Å². The van der Waals surface area contributed by atoms with Crippen molar-refractivity contribution in [2.75, 3.05) is 13.1 Å². The molecule has 0 unspecified atom stereocenters. The molecule has 0 fully saturated rings. The minimum Gasteiger partial charge on any atom is -0.351 e. The molecule has 0 heterocycles. The molecule has 0 spiro atoms. The van der Waals surface area contributed by atoms with Gasteiger partial charge in [-0.25, -0.2) is 0 Å². The average molecular weight is 165 g/mol. The van der Waals surface area contributed by atoms with Gasteiger partial charge in [-0.3, -0.25) is 4.79 Å². The van der Waals surface area contributed by atoms with E-state index in [1.807, 2.05) is 0 Å². The highest BCUT2D eigenvalue weighted by molar-refractivity contribution is 5.92. The fraction of sp³-hybridized carbons (Fsp3) is 0.500. The lowest BCUT2D eigenvalue weighted by atomic mass is 10.3. The Morgan fingerprint density at radius 1 is 1.70 bits per heavy atom. The minimum atomic E-state index is -0.125. The van der Waals surface area contributed by atoms with Crippen molar-refractivity contribution in [2.45, 2.75) is 6.92 Å². The number of carbonyl (C=O) groups is 1. The molecule has 0 rings (SSSR count). The molecular formula is C6H13ClN2O.